The summed E-state index contributed by atoms with van der Waals surface area (Å²) < 4.78 is 24.8. The summed E-state index contributed by atoms with van der Waals surface area (Å²) >= 11 is 0. The number of piperazine rings is 1. The van der Waals surface area contributed by atoms with Crippen molar-refractivity contribution in [1.29, 1.82) is 0 Å². The third kappa shape index (κ3) is 4.92. The summed E-state index contributed by atoms with van der Waals surface area (Å²) in [5, 5.41) is 11.2. The van der Waals surface area contributed by atoms with Gasteiger partial charge in [0, 0.05) is 57.7 Å². The molecule has 1 fully saturated rings. The minimum atomic E-state index is -3.80. The highest BCUT2D eigenvalue weighted by Crippen LogP contribution is 2.21. The molecule has 1 aromatic heterocycles. The van der Waals surface area contributed by atoms with E-state index >= 15 is 0 Å². The Morgan fingerprint density at radius 3 is 2.96 bits per heavy atom. The maximum atomic E-state index is 12.3. The van der Waals surface area contributed by atoms with Crippen LogP contribution in [0.15, 0.2) is 41.6 Å². The molecule has 0 aliphatic carbocycles. The van der Waals surface area contributed by atoms with Gasteiger partial charge in [-0.15, -0.1) is 0 Å². The SMILES string of the molecule is Cn1ccnc1C1CNCCN1CCC(=O)Nc1cccc(S(N)(=O)=O)c1. The molecule has 0 saturated carbocycles. The van der Waals surface area contributed by atoms with Gasteiger partial charge in [-0.1, -0.05) is 6.07 Å². The van der Waals surface area contributed by atoms with E-state index in [1.54, 1.807) is 18.3 Å². The molecule has 0 radical (unpaired) electrons. The number of hydrogen-bond donors (Lipinski definition) is 3. The van der Waals surface area contributed by atoms with Crippen molar-refractivity contribution >= 4 is 21.6 Å². The number of benzene rings is 1. The zero-order chi connectivity index (χ0) is 19.4. The lowest BCUT2D eigenvalue weighted by molar-refractivity contribution is -0.116. The van der Waals surface area contributed by atoms with Crippen molar-refractivity contribution in [2.75, 3.05) is 31.5 Å². The van der Waals surface area contributed by atoms with E-state index in [-0.39, 0.29) is 16.8 Å². The van der Waals surface area contributed by atoms with Gasteiger partial charge in [0.15, 0.2) is 0 Å². The van der Waals surface area contributed by atoms with Crippen molar-refractivity contribution in [3.8, 4) is 0 Å². The molecule has 146 valence electrons. The molecule has 1 aliphatic rings. The van der Waals surface area contributed by atoms with Crippen molar-refractivity contribution in [3.05, 3.63) is 42.5 Å². The molecule has 2 aromatic rings. The van der Waals surface area contributed by atoms with Crippen molar-refractivity contribution in [1.82, 2.24) is 19.8 Å². The van der Waals surface area contributed by atoms with E-state index in [2.05, 4.69) is 20.5 Å². The van der Waals surface area contributed by atoms with Gasteiger partial charge in [0.05, 0.1) is 10.9 Å². The van der Waals surface area contributed by atoms with E-state index in [4.69, 9.17) is 5.14 Å². The highest BCUT2D eigenvalue weighted by atomic mass is 32.2. The molecule has 4 N–H and O–H groups in total. The van der Waals surface area contributed by atoms with Crippen LogP contribution < -0.4 is 15.8 Å². The third-order valence-corrected chi connectivity index (χ3v) is 5.49. The monoisotopic (exact) mass is 392 g/mol. The van der Waals surface area contributed by atoms with Crippen LogP contribution in [0.3, 0.4) is 0 Å². The fourth-order valence-electron chi connectivity index (χ4n) is 3.19. The normalized spacial score (nSPS) is 18.4. The minimum Gasteiger partial charge on any atom is -0.337 e. The van der Waals surface area contributed by atoms with Crippen LogP contribution in [0.25, 0.3) is 0 Å². The third-order valence-electron chi connectivity index (χ3n) is 4.58. The Balaban J connectivity index is 1.60. The number of amides is 1. The number of anilines is 1. The zero-order valence-corrected chi connectivity index (χ0v) is 15.9. The number of aryl methyl sites for hydroxylation is 1. The molecule has 2 heterocycles. The quantitative estimate of drug-likeness (QED) is 0.638. The van der Waals surface area contributed by atoms with Crippen LogP contribution in [-0.2, 0) is 21.9 Å². The maximum Gasteiger partial charge on any atom is 0.238 e. The Hall–Kier alpha value is -2.27. The number of nitrogens with zero attached hydrogens (tertiary/aromatic N) is 3. The molecule has 10 heteroatoms. The van der Waals surface area contributed by atoms with Gasteiger partial charge in [-0.25, -0.2) is 18.5 Å². The molecule has 27 heavy (non-hydrogen) atoms. The number of nitrogens with two attached hydrogens (primary N) is 1. The summed E-state index contributed by atoms with van der Waals surface area (Å²) in [7, 11) is -1.84. The molecule has 9 nitrogen and oxygen atoms in total. The second kappa shape index (κ2) is 8.17. The Kier molecular flexibility index (Phi) is 5.90. The van der Waals surface area contributed by atoms with Crippen LogP contribution >= 0.6 is 0 Å². The Labute approximate surface area is 158 Å². The van der Waals surface area contributed by atoms with Crippen LogP contribution in [0.2, 0.25) is 0 Å². The summed E-state index contributed by atoms with van der Waals surface area (Å²) in [5.74, 6) is 0.780. The molecule has 1 aromatic carbocycles. The topological polar surface area (TPSA) is 122 Å². The molecular formula is C17H24N6O3S. The van der Waals surface area contributed by atoms with Crippen molar-refractivity contribution < 1.29 is 13.2 Å². The van der Waals surface area contributed by atoms with Gasteiger partial charge >= 0.3 is 0 Å². The van der Waals surface area contributed by atoms with Gasteiger partial charge in [-0.2, -0.15) is 0 Å². The first-order valence-corrected chi connectivity index (χ1v) is 10.2. The molecule has 1 aliphatic heterocycles. The lowest BCUT2D eigenvalue weighted by Gasteiger charge is -2.35. The number of carbonyl (C=O) groups excluding carboxylic acids is 1. The summed E-state index contributed by atoms with van der Waals surface area (Å²) in [5.41, 5.74) is 0.410. The van der Waals surface area contributed by atoms with E-state index in [1.807, 2.05) is 17.8 Å². The predicted octanol–water partition coefficient (Wildman–Crippen LogP) is 0.0426. The van der Waals surface area contributed by atoms with Crippen LogP contribution in [-0.4, -0.2) is 55.0 Å². The molecule has 3 rings (SSSR count). The average Bonchev–Trinajstić information content (AvgIpc) is 3.05. The van der Waals surface area contributed by atoms with Crippen LogP contribution in [0, 0.1) is 0 Å². The van der Waals surface area contributed by atoms with E-state index in [0.717, 1.165) is 25.5 Å². The number of hydrogen-bond acceptors (Lipinski definition) is 6. The summed E-state index contributed by atoms with van der Waals surface area (Å²) in [6.07, 6.45) is 3.97. The minimum absolute atomic E-state index is 0.0303. The molecule has 1 saturated heterocycles. The van der Waals surface area contributed by atoms with Crippen molar-refractivity contribution in [3.63, 3.8) is 0 Å². The van der Waals surface area contributed by atoms with Crippen molar-refractivity contribution in [2.24, 2.45) is 12.2 Å². The van der Waals surface area contributed by atoms with Gasteiger partial charge in [-0.3, -0.25) is 9.69 Å². The van der Waals surface area contributed by atoms with E-state index in [9.17, 15) is 13.2 Å². The molecule has 0 spiro atoms. The number of aromatic nitrogens is 2. The fraction of sp³-hybridized carbons (Fsp3) is 0.412. The van der Waals surface area contributed by atoms with Gasteiger partial charge < -0.3 is 15.2 Å². The molecule has 1 unspecified atom stereocenters. The standard InChI is InChI=1S/C17H24N6O3S/c1-22-9-7-20-17(22)15-12-19-6-10-23(15)8-5-16(24)21-13-3-2-4-14(11-13)27(18,25)26/h2-4,7,9,11,15,19H,5-6,8,10,12H2,1H3,(H,21,24)(H2,18,25,26). The van der Waals surface area contributed by atoms with Gasteiger partial charge in [0.1, 0.15) is 5.82 Å². The molecular weight excluding hydrogens is 368 g/mol. The van der Waals surface area contributed by atoms with E-state index in [1.165, 1.54) is 12.1 Å². The number of sulfonamides is 1. The Morgan fingerprint density at radius 1 is 1.44 bits per heavy atom. The smallest absolute Gasteiger partial charge is 0.238 e. The highest BCUT2D eigenvalue weighted by Gasteiger charge is 2.26. The average molecular weight is 392 g/mol. The number of primary sulfonamides is 1. The first kappa shape index (κ1) is 19.5. The highest BCUT2D eigenvalue weighted by molar-refractivity contribution is 7.89. The maximum absolute atomic E-state index is 12.3. The second-order valence-electron chi connectivity index (χ2n) is 6.52. The Bertz CT molecular complexity index is 911. The number of carbonyl (C=O) groups is 1. The van der Waals surface area contributed by atoms with Gasteiger partial charge in [0.25, 0.3) is 0 Å². The first-order valence-electron chi connectivity index (χ1n) is 8.69. The number of rotatable bonds is 6. The van der Waals surface area contributed by atoms with Crippen LogP contribution in [0.4, 0.5) is 5.69 Å². The summed E-state index contributed by atoms with van der Waals surface area (Å²) in [4.78, 5) is 19.0. The number of nitrogens with one attached hydrogen (secondary N) is 2. The largest absolute Gasteiger partial charge is 0.337 e. The lowest BCUT2D eigenvalue weighted by Crippen LogP contribution is -2.47. The van der Waals surface area contributed by atoms with Crippen molar-refractivity contribution in [2.45, 2.75) is 17.4 Å². The van der Waals surface area contributed by atoms with Crippen LogP contribution in [0.5, 0.6) is 0 Å². The number of imidazole rings is 1. The fourth-order valence-corrected chi connectivity index (χ4v) is 3.75. The first-order chi connectivity index (χ1) is 12.8. The predicted molar refractivity (Wildman–Crippen MR) is 101 cm³/mol. The van der Waals surface area contributed by atoms with Gasteiger partial charge in [0.2, 0.25) is 15.9 Å². The summed E-state index contributed by atoms with van der Waals surface area (Å²) in [6.45, 7) is 3.05. The Morgan fingerprint density at radius 2 is 2.26 bits per heavy atom. The van der Waals surface area contributed by atoms with E-state index < -0.39 is 10.0 Å². The van der Waals surface area contributed by atoms with Gasteiger partial charge in [-0.05, 0) is 18.2 Å². The summed E-state index contributed by atoms with van der Waals surface area (Å²) in [6, 6.07) is 6.03. The van der Waals surface area contributed by atoms with Crippen LogP contribution in [0.1, 0.15) is 18.3 Å². The second-order valence-corrected chi connectivity index (χ2v) is 8.08. The molecule has 0 bridgehead atoms. The van der Waals surface area contributed by atoms with E-state index in [0.29, 0.717) is 18.7 Å². The molecule has 1 atom stereocenters. The lowest BCUT2D eigenvalue weighted by atomic mass is 10.1. The molecule has 1 amide bonds. The zero-order valence-electron chi connectivity index (χ0n) is 15.1.